The van der Waals surface area contributed by atoms with Crippen LogP contribution < -0.4 is 0 Å². The maximum Gasteiger partial charge on any atom is 0.577 e. The molecule has 0 N–H and O–H groups in total. The summed E-state index contributed by atoms with van der Waals surface area (Å²) in [6.45, 7) is 2.05. The maximum absolute atomic E-state index is 13.0. The van der Waals surface area contributed by atoms with Crippen molar-refractivity contribution in [3.05, 3.63) is 35.6 Å². The number of hydrogen-bond donors (Lipinski definition) is 0. The summed E-state index contributed by atoms with van der Waals surface area (Å²) in [4.78, 5) is 0. The second-order valence-electron chi connectivity index (χ2n) is 5.17. The predicted molar refractivity (Wildman–Crippen MR) is 83.5 cm³/mol. The molecule has 1 aromatic rings. The molecule has 0 heterocycles. The summed E-state index contributed by atoms with van der Waals surface area (Å²) in [6, 6.07) is 6.86. The van der Waals surface area contributed by atoms with Crippen LogP contribution in [-0.4, -0.2) is 29.9 Å². The minimum Gasteiger partial charge on any atom is -0.375 e. The first kappa shape index (κ1) is 18.3. The molecule has 1 radical (unpaired) electrons. The summed E-state index contributed by atoms with van der Waals surface area (Å²) in [5.41, 5.74) is 1.08. The van der Waals surface area contributed by atoms with Gasteiger partial charge in [0, 0.05) is 20.3 Å². The van der Waals surface area contributed by atoms with Crippen molar-refractivity contribution in [1.29, 1.82) is 0 Å². The lowest BCUT2D eigenvalue weighted by molar-refractivity contribution is 0.0892. The molecule has 0 aliphatic rings. The average Bonchev–Trinajstić information content (AvgIpc) is 2.48. The standard InChI is InChI=1S/C16H26FO3Si/c1-14(20-21(18-2)19-3)9-6-4-5-7-10-15-11-8-12-16(17)13-15/h8,11-14H,4-7,9-10H2,1-3H3. The van der Waals surface area contributed by atoms with E-state index in [2.05, 4.69) is 6.92 Å². The van der Waals surface area contributed by atoms with Crippen molar-refractivity contribution in [2.45, 2.75) is 51.6 Å². The summed E-state index contributed by atoms with van der Waals surface area (Å²) in [5.74, 6) is -0.146. The van der Waals surface area contributed by atoms with E-state index in [0.29, 0.717) is 0 Å². The van der Waals surface area contributed by atoms with Crippen molar-refractivity contribution >= 4 is 9.53 Å². The van der Waals surface area contributed by atoms with Crippen LogP contribution in [0.2, 0.25) is 0 Å². The largest absolute Gasteiger partial charge is 0.577 e. The van der Waals surface area contributed by atoms with Gasteiger partial charge < -0.3 is 13.3 Å². The van der Waals surface area contributed by atoms with Crippen LogP contribution in [0, 0.1) is 5.82 Å². The zero-order valence-electron chi connectivity index (χ0n) is 13.2. The van der Waals surface area contributed by atoms with Crippen molar-refractivity contribution in [2.24, 2.45) is 0 Å². The Hall–Kier alpha value is -0.753. The van der Waals surface area contributed by atoms with Crippen molar-refractivity contribution in [3.8, 4) is 0 Å². The van der Waals surface area contributed by atoms with Gasteiger partial charge in [0.05, 0.1) is 0 Å². The topological polar surface area (TPSA) is 27.7 Å². The number of aryl methyl sites for hydroxylation is 1. The maximum atomic E-state index is 13.0. The van der Waals surface area contributed by atoms with Crippen LogP contribution in [0.3, 0.4) is 0 Å². The van der Waals surface area contributed by atoms with E-state index < -0.39 is 9.53 Å². The smallest absolute Gasteiger partial charge is 0.375 e. The van der Waals surface area contributed by atoms with Gasteiger partial charge in [0.15, 0.2) is 0 Å². The minimum absolute atomic E-state index is 0.146. The SMILES string of the molecule is CO[Si](OC)OC(C)CCCCCCc1cccc(F)c1. The molecule has 1 aromatic carbocycles. The van der Waals surface area contributed by atoms with Crippen LogP contribution in [0.15, 0.2) is 24.3 Å². The Kier molecular flexibility index (Phi) is 9.50. The van der Waals surface area contributed by atoms with E-state index in [1.165, 1.54) is 12.5 Å². The predicted octanol–water partition coefficient (Wildman–Crippen LogP) is 4.00. The van der Waals surface area contributed by atoms with E-state index in [9.17, 15) is 4.39 Å². The number of hydrogen-bond acceptors (Lipinski definition) is 3. The van der Waals surface area contributed by atoms with Crippen LogP contribution in [0.1, 0.15) is 44.6 Å². The molecule has 5 heteroatoms. The number of unbranched alkanes of at least 4 members (excludes halogenated alkanes) is 3. The van der Waals surface area contributed by atoms with Crippen molar-refractivity contribution in [2.75, 3.05) is 14.2 Å². The molecule has 0 aromatic heterocycles. The first-order valence-electron chi connectivity index (χ1n) is 7.51. The normalized spacial score (nSPS) is 12.8. The van der Waals surface area contributed by atoms with E-state index in [4.69, 9.17) is 13.3 Å². The molecule has 1 atom stereocenters. The summed E-state index contributed by atoms with van der Waals surface area (Å²) >= 11 is 0. The van der Waals surface area contributed by atoms with Crippen LogP contribution in [0.5, 0.6) is 0 Å². The lowest BCUT2D eigenvalue weighted by Gasteiger charge is -2.16. The third kappa shape index (κ3) is 8.31. The quantitative estimate of drug-likeness (QED) is 0.456. The Morgan fingerprint density at radius 3 is 2.48 bits per heavy atom. The molecule has 0 spiro atoms. The molecule has 21 heavy (non-hydrogen) atoms. The minimum atomic E-state index is -1.54. The van der Waals surface area contributed by atoms with Gasteiger partial charge >= 0.3 is 9.53 Å². The number of halogens is 1. The lowest BCUT2D eigenvalue weighted by atomic mass is 10.0. The molecule has 0 fully saturated rings. The highest BCUT2D eigenvalue weighted by Crippen LogP contribution is 2.12. The molecule has 3 nitrogen and oxygen atoms in total. The Labute approximate surface area is 129 Å². The van der Waals surface area contributed by atoms with E-state index in [1.54, 1.807) is 26.4 Å². The Balaban J connectivity index is 2.04. The summed E-state index contributed by atoms with van der Waals surface area (Å²) in [7, 11) is 1.67. The van der Waals surface area contributed by atoms with Gasteiger partial charge in [-0.2, -0.15) is 0 Å². The highest BCUT2D eigenvalue weighted by atomic mass is 28.3. The van der Waals surface area contributed by atoms with E-state index >= 15 is 0 Å². The Morgan fingerprint density at radius 2 is 1.81 bits per heavy atom. The second-order valence-corrected chi connectivity index (χ2v) is 6.72. The molecule has 0 bridgehead atoms. The summed E-state index contributed by atoms with van der Waals surface area (Å²) in [6.07, 6.45) is 6.70. The molecule has 1 rings (SSSR count). The first-order valence-corrected chi connectivity index (χ1v) is 8.74. The molecular weight excluding hydrogens is 287 g/mol. The molecule has 0 saturated carbocycles. The van der Waals surface area contributed by atoms with Gasteiger partial charge in [-0.25, -0.2) is 4.39 Å². The van der Waals surface area contributed by atoms with Crippen molar-refractivity contribution in [3.63, 3.8) is 0 Å². The molecule has 1 unspecified atom stereocenters. The zero-order chi connectivity index (χ0) is 15.5. The Bertz CT molecular complexity index is 386. The van der Waals surface area contributed by atoms with Crippen LogP contribution in [-0.2, 0) is 19.7 Å². The number of rotatable bonds is 11. The average molecular weight is 313 g/mol. The molecule has 0 aliphatic carbocycles. The van der Waals surface area contributed by atoms with Gasteiger partial charge in [0.1, 0.15) is 5.82 Å². The fourth-order valence-electron chi connectivity index (χ4n) is 2.21. The third-order valence-corrected chi connectivity index (χ3v) is 4.61. The van der Waals surface area contributed by atoms with Crippen molar-refractivity contribution in [1.82, 2.24) is 0 Å². The summed E-state index contributed by atoms with van der Waals surface area (Å²) < 4.78 is 28.9. The second kappa shape index (κ2) is 10.9. The fourth-order valence-corrected chi connectivity index (χ4v) is 3.02. The lowest BCUT2D eigenvalue weighted by Crippen LogP contribution is -2.28. The molecule has 119 valence electrons. The van der Waals surface area contributed by atoms with Crippen LogP contribution >= 0.6 is 0 Å². The summed E-state index contributed by atoms with van der Waals surface area (Å²) in [5, 5.41) is 0. The van der Waals surface area contributed by atoms with Gasteiger partial charge in [-0.05, 0) is 43.9 Å². The van der Waals surface area contributed by atoms with E-state index in [-0.39, 0.29) is 11.9 Å². The fraction of sp³-hybridized carbons (Fsp3) is 0.625. The van der Waals surface area contributed by atoms with Crippen LogP contribution in [0.4, 0.5) is 4.39 Å². The third-order valence-electron chi connectivity index (χ3n) is 3.35. The Morgan fingerprint density at radius 1 is 1.10 bits per heavy atom. The molecular formula is C16H26FO3Si. The van der Waals surface area contributed by atoms with Crippen LogP contribution in [0.25, 0.3) is 0 Å². The highest BCUT2D eigenvalue weighted by Gasteiger charge is 2.18. The molecule has 0 amide bonds. The first-order chi connectivity index (χ1) is 10.2. The van der Waals surface area contributed by atoms with Gasteiger partial charge in [-0.15, -0.1) is 0 Å². The van der Waals surface area contributed by atoms with Gasteiger partial charge in [0.2, 0.25) is 0 Å². The molecule has 0 aliphatic heterocycles. The molecule has 0 saturated heterocycles. The van der Waals surface area contributed by atoms with E-state index in [0.717, 1.165) is 37.7 Å². The van der Waals surface area contributed by atoms with Gasteiger partial charge in [-0.1, -0.05) is 31.4 Å². The van der Waals surface area contributed by atoms with Gasteiger partial charge in [-0.3, -0.25) is 0 Å². The van der Waals surface area contributed by atoms with Gasteiger partial charge in [0.25, 0.3) is 0 Å². The van der Waals surface area contributed by atoms with Crippen molar-refractivity contribution < 1.29 is 17.7 Å². The highest BCUT2D eigenvalue weighted by molar-refractivity contribution is 6.36. The zero-order valence-corrected chi connectivity index (χ0v) is 14.2. The monoisotopic (exact) mass is 313 g/mol. The number of benzene rings is 1. The van der Waals surface area contributed by atoms with E-state index in [1.807, 2.05) is 6.07 Å².